The fourth-order valence-electron chi connectivity index (χ4n) is 0.696. The van der Waals surface area contributed by atoms with E-state index >= 15 is 0 Å². The van der Waals surface area contributed by atoms with Gasteiger partial charge in [0.05, 0.1) is 0 Å². The lowest BCUT2D eigenvalue weighted by Crippen LogP contribution is -2.26. The zero-order valence-corrected chi connectivity index (χ0v) is 13.5. The first-order valence-electron chi connectivity index (χ1n) is 3.64. The predicted octanol–water partition coefficient (Wildman–Crippen LogP) is 3.60. The molecule has 0 bridgehead atoms. The second-order valence-electron chi connectivity index (χ2n) is 2.70. The maximum Gasteiger partial charge on any atom is 0.326 e. The molecule has 15 heavy (non-hydrogen) atoms. The van der Waals surface area contributed by atoms with Crippen molar-refractivity contribution in [1.29, 1.82) is 0 Å². The van der Waals surface area contributed by atoms with E-state index in [1.165, 1.54) is 0 Å². The summed E-state index contributed by atoms with van der Waals surface area (Å²) in [4.78, 5) is 19.9. The van der Waals surface area contributed by atoms with Crippen molar-refractivity contribution < 1.29 is 9.85 Å². The van der Waals surface area contributed by atoms with E-state index in [4.69, 9.17) is 0 Å². The molecule has 88 valence electrons. The number of halogens is 4. The average molecular weight is 478 g/mol. The third-order valence-corrected chi connectivity index (χ3v) is 4.23. The summed E-state index contributed by atoms with van der Waals surface area (Å²) in [5.41, 5.74) is 0. The average Bonchev–Trinajstić information content (AvgIpc) is 2.02. The highest BCUT2D eigenvalue weighted by Gasteiger charge is 2.40. The van der Waals surface area contributed by atoms with Gasteiger partial charge in [0.25, 0.3) is 0 Å². The Morgan fingerprint density at radius 1 is 0.867 bits per heavy atom. The maximum absolute atomic E-state index is 10.5. The number of nitro groups is 2. The molecule has 0 saturated heterocycles. The van der Waals surface area contributed by atoms with Gasteiger partial charge in [-0.25, -0.2) is 0 Å². The summed E-state index contributed by atoms with van der Waals surface area (Å²) in [5.74, 6) is 0. The summed E-state index contributed by atoms with van der Waals surface area (Å²) in [6, 6.07) is 0. The molecule has 0 aliphatic heterocycles. The van der Waals surface area contributed by atoms with Crippen molar-refractivity contribution in [2.24, 2.45) is 0 Å². The van der Waals surface area contributed by atoms with E-state index < -0.39 is 16.6 Å². The molecule has 0 aliphatic carbocycles. The lowest BCUT2D eigenvalue weighted by atomic mass is 10.2. The van der Waals surface area contributed by atoms with E-state index in [2.05, 4.69) is 63.7 Å². The van der Waals surface area contributed by atoms with Gasteiger partial charge in [-0.3, -0.25) is 20.2 Å². The normalized spacial score (nSPS) is 12.5. The number of rotatable bonds is 6. The number of hydrogen-bond donors (Lipinski definition) is 0. The summed E-state index contributed by atoms with van der Waals surface area (Å²) in [6.45, 7) is 0. The van der Waals surface area contributed by atoms with Crippen LogP contribution in [-0.4, -0.2) is 16.6 Å². The third kappa shape index (κ3) is 5.55. The molecule has 0 amide bonds. The molecule has 10 heteroatoms. The fraction of sp³-hybridized carbons (Fsp3) is 1.00. The van der Waals surface area contributed by atoms with Gasteiger partial charge in [0.1, 0.15) is 0 Å². The van der Waals surface area contributed by atoms with Gasteiger partial charge >= 0.3 is 6.71 Å². The summed E-state index contributed by atoms with van der Waals surface area (Å²) >= 11 is 11.5. The van der Waals surface area contributed by atoms with Crippen molar-refractivity contribution in [3.63, 3.8) is 0 Å². The molecule has 0 aromatic rings. The molecule has 0 N–H and O–H groups in total. The van der Waals surface area contributed by atoms with Gasteiger partial charge in [-0.05, 0) is 6.42 Å². The number of nitrogens with zero attached hydrogens (tertiary/aromatic N) is 2. The minimum absolute atomic E-state index is 0.132. The van der Waals surface area contributed by atoms with Crippen LogP contribution in [0, 0.1) is 20.2 Å². The first kappa shape index (κ1) is 15.7. The van der Waals surface area contributed by atoms with Gasteiger partial charge in [-0.1, -0.05) is 0 Å². The van der Waals surface area contributed by atoms with Gasteiger partial charge < -0.3 is 0 Å². The zero-order chi connectivity index (χ0) is 12.3. The molecule has 0 rings (SSSR count). The lowest BCUT2D eigenvalue weighted by molar-refractivity contribution is -0.510. The topological polar surface area (TPSA) is 86.3 Å². The smallest absolute Gasteiger partial charge is 0.262 e. The van der Waals surface area contributed by atoms with Gasteiger partial charge in [-0.2, -0.15) is 0 Å². The van der Waals surface area contributed by atoms with Crippen LogP contribution in [0.1, 0.15) is 19.3 Å². The van der Waals surface area contributed by atoms with Crippen LogP contribution in [0.15, 0.2) is 0 Å². The van der Waals surface area contributed by atoms with Crippen molar-refractivity contribution in [3.8, 4) is 0 Å². The molecule has 0 fully saturated rings. The Hall–Kier alpha value is 0.720. The quantitative estimate of drug-likeness (QED) is 0.253. The van der Waals surface area contributed by atoms with Crippen LogP contribution in [0.3, 0.4) is 0 Å². The summed E-state index contributed by atoms with van der Waals surface area (Å²) < 4.78 is -2.82. The molecule has 6 nitrogen and oxygen atoms in total. The first-order valence-corrected chi connectivity index (χ1v) is 6.81. The number of hydrogen-bond acceptors (Lipinski definition) is 4. The minimum atomic E-state index is -1.41. The molecule has 0 heterocycles. The van der Waals surface area contributed by atoms with Crippen LogP contribution >= 0.6 is 63.7 Å². The molecule has 0 unspecified atom stereocenters. The van der Waals surface area contributed by atoms with Gasteiger partial charge in [0.2, 0.25) is 0 Å². The molecule has 0 aliphatic rings. The third-order valence-electron chi connectivity index (χ3n) is 1.49. The highest BCUT2D eigenvalue weighted by molar-refractivity contribution is 9.25. The van der Waals surface area contributed by atoms with Crippen molar-refractivity contribution >= 4 is 63.7 Å². The van der Waals surface area contributed by atoms with Crippen LogP contribution in [0.4, 0.5) is 0 Å². The lowest BCUT2D eigenvalue weighted by Gasteiger charge is -2.14. The van der Waals surface area contributed by atoms with Crippen LogP contribution in [0.25, 0.3) is 0 Å². The summed E-state index contributed by atoms with van der Waals surface area (Å²) in [7, 11) is 0. The Morgan fingerprint density at radius 2 is 1.13 bits per heavy atom. The van der Waals surface area contributed by atoms with Gasteiger partial charge in [-0.15, -0.1) is 0 Å². The van der Waals surface area contributed by atoms with E-state index in [0.29, 0.717) is 6.42 Å². The minimum Gasteiger partial charge on any atom is -0.262 e. The van der Waals surface area contributed by atoms with E-state index in [-0.39, 0.29) is 12.8 Å². The first-order chi connectivity index (χ1) is 6.59. The second-order valence-corrected chi connectivity index (χ2v) is 10.1. The standard InChI is InChI=1S/C5H6Br4N2O4/c6-4(7,10(12)13)2-1-3-5(8,9)11(14)15/h1-3H2. The molecule has 0 saturated carbocycles. The second kappa shape index (κ2) is 5.87. The Kier molecular flexibility index (Phi) is 6.16. The maximum atomic E-state index is 10.5. The van der Waals surface area contributed by atoms with E-state index in [1.807, 2.05) is 0 Å². The highest BCUT2D eigenvalue weighted by atomic mass is 79.9. The molecule has 0 spiro atoms. The van der Waals surface area contributed by atoms with Gasteiger partial charge in [0.15, 0.2) is 0 Å². The molecule has 0 atom stereocenters. The summed E-state index contributed by atoms with van der Waals surface area (Å²) in [6.07, 6.45) is 0.564. The van der Waals surface area contributed by atoms with Crippen molar-refractivity contribution in [2.45, 2.75) is 26.0 Å². The molecule has 0 aromatic carbocycles. The van der Waals surface area contributed by atoms with Gasteiger partial charge in [0, 0.05) is 86.4 Å². The van der Waals surface area contributed by atoms with E-state index in [0.717, 1.165) is 0 Å². The monoisotopic (exact) mass is 474 g/mol. The SMILES string of the molecule is O=[N+]([O-])C(Br)(Br)CCCC(Br)(Br)[N+](=O)[O-]. The molecular formula is C5H6Br4N2O4. The fourth-order valence-corrected chi connectivity index (χ4v) is 1.82. The van der Waals surface area contributed by atoms with Crippen LogP contribution in [-0.2, 0) is 0 Å². The van der Waals surface area contributed by atoms with Crippen LogP contribution < -0.4 is 0 Å². The zero-order valence-electron chi connectivity index (χ0n) is 7.16. The van der Waals surface area contributed by atoms with E-state index in [1.54, 1.807) is 0 Å². The summed E-state index contributed by atoms with van der Waals surface area (Å²) in [5, 5.41) is 20.9. The molecule has 0 radical (unpaired) electrons. The van der Waals surface area contributed by atoms with Crippen molar-refractivity contribution in [2.75, 3.05) is 0 Å². The number of alkyl halides is 4. The molecule has 0 aromatic heterocycles. The van der Waals surface area contributed by atoms with Crippen LogP contribution in [0.5, 0.6) is 0 Å². The predicted molar refractivity (Wildman–Crippen MR) is 69.0 cm³/mol. The Morgan fingerprint density at radius 3 is 1.33 bits per heavy atom. The van der Waals surface area contributed by atoms with E-state index in [9.17, 15) is 20.2 Å². The van der Waals surface area contributed by atoms with Crippen molar-refractivity contribution in [1.82, 2.24) is 0 Å². The Balaban J connectivity index is 4.11. The Bertz CT molecular complexity index is 244. The van der Waals surface area contributed by atoms with Crippen LogP contribution in [0.2, 0.25) is 0 Å². The Labute approximate surface area is 119 Å². The highest BCUT2D eigenvalue weighted by Crippen LogP contribution is 2.37. The van der Waals surface area contributed by atoms with Crippen molar-refractivity contribution in [3.05, 3.63) is 20.2 Å². The largest absolute Gasteiger partial charge is 0.326 e. The molecular weight excluding hydrogens is 472 g/mol.